The number of benzene rings is 2. The number of nitro benzene ring substituents is 1. The second kappa shape index (κ2) is 7.03. The standard InChI is InChI=1S/C23H23N3O3/c27-23(25-12-1-2-13-25)16-8-11-21-20(14-16)18-4-3-5-19(18)22(24-21)15-6-9-17(10-7-15)26(28)29/h3-4,6-11,14,18-19,22,24H,1-2,5,12-13H2/t18-,19+,22+/m0/s1. The maximum Gasteiger partial charge on any atom is 0.269 e. The van der Waals surface area contributed by atoms with Crippen molar-refractivity contribution in [2.45, 2.75) is 31.2 Å². The molecule has 0 spiro atoms. The van der Waals surface area contributed by atoms with Gasteiger partial charge in [0.05, 0.1) is 11.0 Å². The molecule has 0 unspecified atom stereocenters. The van der Waals surface area contributed by atoms with Crippen LogP contribution in [0.25, 0.3) is 0 Å². The van der Waals surface area contributed by atoms with Gasteiger partial charge in [0, 0.05) is 42.4 Å². The van der Waals surface area contributed by atoms with Crippen molar-refractivity contribution in [1.29, 1.82) is 0 Å². The largest absolute Gasteiger partial charge is 0.378 e. The summed E-state index contributed by atoms with van der Waals surface area (Å²) < 4.78 is 0. The minimum absolute atomic E-state index is 0.0865. The van der Waals surface area contributed by atoms with Gasteiger partial charge in [0.2, 0.25) is 0 Å². The van der Waals surface area contributed by atoms with E-state index in [0.717, 1.165) is 49.2 Å². The first kappa shape index (κ1) is 17.9. The van der Waals surface area contributed by atoms with Gasteiger partial charge in [-0.3, -0.25) is 14.9 Å². The first-order valence-corrected chi connectivity index (χ1v) is 10.2. The molecule has 2 aliphatic heterocycles. The summed E-state index contributed by atoms with van der Waals surface area (Å²) in [5.74, 6) is 0.709. The van der Waals surface area contributed by atoms with Gasteiger partial charge in [0.1, 0.15) is 0 Å². The summed E-state index contributed by atoms with van der Waals surface area (Å²) in [6.45, 7) is 1.70. The molecule has 2 heterocycles. The van der Waals surface area contributed by atoms with E-state index in [1.54, 1.807) is 12.1 Å². The highest BCUT2D eigenvalue weighted by Crippen LogP contribution is 2.50. The Morgan fingerprint density at radius 1 is 1.10 bits per heavy atom. The SMILES string of the molecule is O=C(c1ccc2c(c1)[C@H]1C=CC[C@H]1[C@@H](c1ccc([N+](=O)[O-])cc1)N2)N1CCCC1. The number of nitrogens with zero attached hydrogens (tertiary/aromatic N) is 2. The van der Waals surface area contributed by atoms with Gasteiger partial charge in [0.15, 0.2) is 0 Å². The third-order valence-electron chi connectivity index (χ3n) is 6.47. The summed E-state index contributed by atoms with van der Waals surface area (Å²) in [6, 6.07) is 12.9. The number of nitro groups is 1. The molecule has 6 heteroatoms. The predicted molar refractivity (Wildman–Crippen MR) is 111 cm³/mol. The highest BCUT2D eigenvalue weighted by molar-refractivity contribution is 5.95. The third-order valence-corrected chi connectivity index (χ3v) is 6.47. The van der Waals surface area contributed by atoms with Gasteiger partial charge in [0.25, 0.3) is 11.6 Å². The van der Waals surface area contributed by atoms with Gasteiger partial charge >= 0.3 is 0 Å². The average molecular weight is 389 g/mol. The molecule has 2 aromatic carbocycles. The number of nitrogens with one attached hydrogen (secondary N) is 1. The number of likely N-dealkylation sites (tertiary alicyclic amines) is 1. The molecule has 1 fully saturated rings. The van der Waals surface area contributed by atoms with Gasteiger partial charge in [-0.2, -0.15) is 0 Å². The molecule has 1 amide bonds. The number of carbonyl (C=O) groups is 1. The fourth-order valence-corrected chi connectivity index (χ4v) is 4.96. The van der Waals surface area contributed by atoms with Crippen LogP contribution in [-0.4, -0.2) is 28.8 Å². The number of rotatable bonds is 3. The van der Waals surface area contributed by atoms with Crippen LogP contribution in [0.15, 0.2) is 54.6 Å². The Hall–Kier alpha value is -3.15. The number of carbonyl (C=O) groups excluding carboxylic acids is 1. The van der Waals surface area contributed by atoms with Gasteiger partial charge in [-0.25, -0.2) is 0 Å². The minimum Gasteiger partial charge on any atom is -0.378 e. The zero-order chi connectivity index (χ0) is 20.0. The van der Waals surface area contributed by atoms with E-state index in [1.807, 2.05) is 29.2 Å². The Morgan fingerprint density at radius 3 is 2.59 bits per heavy atom. The van der Waals surface area contributed by atoms with E-state index < -0.39 is 0 Å². The van der Waals surface area contributed by atoms with Crippen LogP contribution in [0.5, 0.6) is 0 Å². The van der Waals surface area contributed by atoms with Crippen molar-refractivity contribution in [3.05, 3.63) is 81.4 Å². The Balaban J connectivity index is 1.46. The van der Waals surface area contributed by atoms with Crippen molar-refractivity contribution in [2.24, 2.45) is 5.92 Å². The minimum atomic E-state index is -0.369. The summed E-state index contributed by atoms with van der Waals surface area (Å²) in [4.78, 5) is 25.4. The third kappa shape index (κ3) is 3.09. The zero-order valence-electron chi connectivity index (χ0n) is 16.1. The number of anilines is 1. The lowest BCUT2D eigenvalue weighted by Gasteiger charge is -2.37. The van der Waals surface area contributed by atoms with E-state index in [9.17, 15) is 14.9 Å². The lowest BCUT2D eigenvalue weighted by molar-refractivity contribution is -0.384. The monoisotopic (exact) mass is 389 g/mol. The maximum absolute atomic E-state index is 12.8. The summed E-state index contributed by atoms with van der Waals surface area (Å²) in [5.41, 5.74) is 4.14. The molecule has 29 heavy (non-hydrogen) atoms. The van der Waals surface area contributed by atoms with E-state index >= 15 is 0 Å². The second-order valence-corrected chi connectivity index (χ2v) is 8.13. The molecule has 0 radical (unpaired) electrons. The predicted octanol–water partition coefficient (Wildman–Crippen LogP) is 4.66. The van der Waals surface area contributed by atoms with Crippen molar-refractivity contribution in [3.63, 3.8) is 0 Å². The highest BCUT2D eigenvalue weighted by atomic mass is 16.6. The molecule has 3 atom stereocenters. The number of hydrogen-bond donors (Lipinski definition) is 1. The van der Waals surface area contributed by atoms with Crippen molar-refractivity contribution < 1.29 is 9.72 Å². The molecule has 1 aliphatic carbocycles. The van der Waals surface area contributed by atoms with Gasteiger partial charge in [-0.1, -0.05) is 24.3 Å². The quantitative estimate of drug-likeness (QED) is 0.471. The van der Waals surface area contributed by atoms with E-state index in [2.05, 4.69) is 23.5 Å². The maximum atomic E-state index is 12.8. The molecule has 1 saturated heterocycles. The summed E-state index contributed by atoms with van der Waals surface area (Å²) in [7, 11) is 0. The number of amides is 1. The van der Waals surface area contributed by atoms with Crippen LogP contribution >= 0.6 is 0 Å². The van der Waals surface area contributed by atoms with Crippen molar-refractivity contribution >= 4 is 17.3 Å². The molecule has 2 aromatic rings. The summed E-state index contributed by atoms with van der Waals surface area (Å²) >= 11 is 0. The van der Waals surface area contributed by atoms with Crippen molar-refractivity contribution in [3.8, 4) is 0 Å². The zero-order valence-corrected chi connectivity index (χ0v) is 16.1. The van der Waals surface area contributed by atoms with Crippen LogP contribution in [0, 0.1) is 16.0 Å². The summed E-state index contributed by atoms with van der Waals surface area (Å²) in [6.07, 6.45) is 7.57. The smallest absolute Gasteiger partial charge is 0.269 e. The fourth-order valence-electron chi connectivity index (χ4n) is 4.96. The fraction of sp³-hybridized carbons (Fsp3) is 0.348. The highest BCUT2D eigenvalue weighted by Gasteiger charge is 2.38. The molecule has 0 bridgehead atoms. The summed E-state index contributed by atoms with van der Waals surface area (Å²) in [5, 5.41) is 14.6. The molecule has 6 nitrogen and oxygen atoms in total. The molecule has 0 saturated carbocycles. The van der Waals surface area contributed by atoms with E-state index in [-0.39, 0.29) is 28.5 Å². The molecule has 5 rings (SSSR count). The van der Waals surface area contributed by atoms with E-state index in [1.165, 1.54) is 5.56 Å². The molecule has 0 aromatic heterocycles. The average Bonchev–Trinajstić information content (AvgIpc) is 3.44. The van der Waals surface area contributed by atoms with Gasteiger partial charge in [-0.15, -0.1) is 0 Å². The van der Waals surface area contributed by atoms with Crippen LogP contribution in [0.2, 0.25) is 0 Å². The second-order valence-electron chi connectivity index (χ2n) is 8.13. The number of hydrogen-bond acceptors (Lipinski definition) is 4. The van der Waals surface area contributed by atoms with Crippen LogP contribution in [-0.2, 0) is 0 Å². The first-order valence-electron chi connectivity index (χ1n) is 10.2. The molecule has 148 valence electrons. The number of allylic oxidation sites excluding steroid dienone is 2. The Labute approximate surface area is 169 Å². The topological polar surface area (TPSA) is 75.5 Å². The van der Waals surface area contributed by atoms with Crippen LogP contribution in [0.4, 0.5) is 11.4 Å². The number of non-ortho nitro benzene ring substituents is 1. The van der Waals surface area contributed by atoms with Crippen LogP contribution < -0.4 is 5.32 Å². The Morgan fingerprint density at radius 2 is 1.86 bits per heavy atom. The molecular weight excluding hydrogens is 366 g/mol. The Bertz CT molecular complexity index is 993. The number of fused-ring (bicyclic) bond motifs is 3. The van der Waals surface area contributed by atoms with Crippen LogP contribution in [0.3, 0.4) is 0 Å². The molecular formula is C23H23N3O3. The first-order chi connectivity index (χ1) is 14.1. The molecule has 1 N–H and O–H groups in total. The van der Waals surface area contributed by atoms with E-state index in [4.69, 9.17) is 0 Å². The lowest BCUT2D eigenvalue weighted by Crippen LogP contribution is -2.30. The van der Waals surface area contributed by atoms with Gasteiger partial charge < -0.3 is 10.2 Å². The van der Waals surface area contributed by atoms with Crippen molar-refractivity contribution in [1.82, 2.24) is 4.90 Å². The molecule has 3 aliphatic rings. The van der Waals surface area contributed by atoms with Gasteiger partial charge in [-0.05, 0) is 54.5 Å². The van der Waals surface area contributed by atoms with Crippen molar-refractivity contribution in [2.75, 3.05) is 18.4 Å². The lowest BCUT2D eigenvalue weighted by atomic mass is 9.76. The Kier molecular flexibility index (Phi) is 4.34. The van der Waals surface area contributed by atoms with Crippen LogP contribution in [0.1, 0.15) is 52.7 Å². The normalized spacial score (nSPS) is 24.7. The van der Waals surface area contributed by atoms with E-state index in [0.29, 0.717) is 5.92 Å².